The summed E-state index contributed by atoms with van der Waals surface area (Å²) in [5.41, 5.74) is 7.67. The molecule has 110 valence electrons. The van der Waals surface area contributed by atoms with Crippen LogP contribution in [0.15, 0.2) is 54.6 Å². The summed E-state index contributed by atoms with van der Waals surface area (Å²) >= 11 is 0. The van der Waals surface area contributed by atoms with Gasteiger partial charge in [0.05, 0.1) is 13.0 Å². The van der Waals surface area contributed by atoms with Crippen LogP contribution < -0.4 is 15.8 Å². The zero-order valence-electron chi connectivity index (χ0n) is 12.1. The lowest BCUT2D eigenvalue weighted by molar-refractivity contribution is -0.122. The van der Waals surface area contributed by atoms with Gasteiger partial charge in [0.1, 0.15) is 5.75 Å². The van der Waals surface area contributed by atoms with E-state index in [0.717, 1.165) is 16.9 Å². The third kappa shape index (κ3) is 4.07. The Morgan fingerprint density at radius 2 is 1.95 bits per heavy atom. The van der Waals surface area contributed by atoms with Crippen molar-refractivity contribution in [2.75, 3.05) is 13.7 Å². The van der Waals surface area contributed by atoms with Crippen molar-refractivity contribution >= 4 is 5.91 Å². The van der Waals surface area contributed by atoms with E-state index in [0.29, 0.717) is 6.54 Å². The number of hydrogen-bond donors (Lipinski definition) is 2. The number of methoxy groups -OCH3 is 1. The Morgan fingerprint density at radius 3 is 2.62 bits per heavy atom. The molecule has 0 saturated carbocycles. The molecule has 2 aromatic rings. The van der Waals surface area contributed by atoms with Crippen molar-refractivity contribution in [1.29, 1.82) is 0 Å². The molecule has 0 fully saturated rings. The number of hydrogen-bond acceptors (Lipinski definition) is 3. The van der Waals surface area contributed by atoms with E-state index < -0.39 is 0 Å². The number of carbonyl (C=O) groups is 1. The Kier molecular flexibility index (Phi) is 5.35. The van der Waals surface area contributed by atoms with Gasteiger partial charge in [-0.15, -0.1) is 0 Å². The zero-order valence-corrected chi connectivity index (χ0v) is 12.1. The van der Waals surface area contributed by atoms with Crippen LogP contribution in [0.1, 0.15) is 17.0 Å². The summed E-state index contributed by atoms with van der Waals surface area (Å²) in [5.74, 6) is 0.392. The summed E-state index contributed by atoms with van der Waals surface area (Å²) in [5, 5.41) is 2.93. The highest BCUT2D eigenvalue weighted by Gasteiger charge is 2.18. The maximum Gasteiger partial charge on any atom is 0.229 e. The van der Waals surface area contributed by atoms with Gasteiger partial charge in [0.25, 0.3) is 0 Å². The Labute approximate surface area is 124 Å². The highest BCUT2D eigenvalue weighted by Crippen LogP contribution is 2.15. The van der Waals surface area contributed by atoms with Crippen LogP contribution in [-0.4, -0.2) is 19.6 Å². The van der Waals surface area contributed by atoms with Crippen molar-refractivity contribution in [2.45, 2.75) is 12.5 Å². The molecule has 3 N–H and O–H groups in total. The molecule has 0 aliphatic heterocycles. The molecule has 4 heteroatoms. The molecule has 0 heterocycles. The van der Waals surface area contributed by atoms with Gasteiger partial charge in [-0.25, -0.2) is 0 Å². The summed E-state index contributed by atoms with van der Waals surface area (Å²) in [6.07, 6.45) is 0. The maximum absolute atomic E-state index is 12.3. The van der Waals surface area contributed by atoms with Crippen molar-refractivity contribution in [3.8, 4) is 5.75 Å². The minimum atomic E-state index is -0.322. The lowest BCUT2D eigenvalue weighted by Gasteiger charge is -2.15. The minimum Gasteiger partial charge on any atom is -0.497 e. The van der Waals surface area contributed by atoms with Crippen molar-refractivity contribution in [3.63, 3.8) is 0 Å². The molecular weight excluding hydrogens is 264 g/mol. The fourth-order valence-electron chi connectivity index (χ4n) is 2.17. The van der Waals surface area contributed by atoms with Gasteiger partial charge < -0.3 is 15.8 Å². The lowest BCUT2D eigenvalue weighted by atomic mass is 9.98. The molecule has 2 aromatic carbocycles. The molecule has 2 rings (SSSR count). The molecule has 0 aromatic heterocycles. The molecule has 1 amide bonds. The van der Waals surface area contributed by atoms with E-state index in [2.05, 4.69) is 5.32 Å². The van der Waals surface area contributed by atoms with Crippen molar-refractivity contribution in [3.05, 3.63) is 65.7 Å². The minimum absolute atomic E-state index is 0.0634. The van der Waals surface area contributed by atoms with Gasteiger partial charge in [0.15, 0.2) is 0 Å². The van der Waals surface area contributed by atoms with E-state index in [9.17, 15) is 4.79 Å². The first-order valence-electron chi connectivity index (χ1n) is 6.90. The predicted octanol–water partition coefficient (Wildman–Crippen LogP) is 2.05. The highest BCUT2D eigenvalue weighted by molar-refractivity contribution is 5.83. The van der Waals surface area contributed by atoms with Gasteiger partial charge in [0, 0.05) is 13.1 Å². The molecule has 4 nitrogen and oxygen atoms in total. The van der Waals surface area contributed by atoms with Crippen LogP contribution in [0.3, 0.4) is 0 Å². The van der Waals surface area contributed by atoms with Gasteiger partial charge >= 0.3 is 0 Å². The Morgan fingerprint density at radius 1 is 1.19 bits per heavy atom. The third-order valence-corrected chi connectivity index (χ3v) is 3.36. The summed E-state index contributed by atoms with van der Waals surface area (Å²) in [4.78, 5) is 12.3. The van der Waals surface area contributed by atoms with Crippen LogP contribution in [0, 0.1) is 0 Å². The van der Waals surface area contributed by atoms with Crippen LogP contribution in [0.5, 0.6) is 5.75 Å². The smallest absolute Gasteiger partial charge is 0.229 e. The largest absolute Gasteiger partial charge is 0.497 e. The van der Waals surface area contributed by atoms with Crippen molar-refractivity contribution in [2.24, 2.45) is 5.73 Å². The van der Waals surface area contributed by atoms with Crippen LogP contribution in [0.25, 0.3) is 0 Å². The SMILES string of the molecule is COc1cccc(CNC(=O)C(CN)c2ccccc2)c1. The van der Waals surface area contributed by atoms with Crippen LogP contribution in [0.2, 0.25) is 0 Å². The predicted molar refractivity (Wildman–Crippen MR) is 83.1 cm³/mol. The quantitative estimate of drug-likeness (QED) is 0.853. The van der Waals surface area contributed by atoms with E-state index in [4.69, 9.17) is 10.5 Å². The molecule has 1 unspecified atom stereocenters. The van der Waals surface area contributed by atoms with Crippen LogP contribution >= 0.6 is 0 Å². The van der Waals surface area contributed by atoms with Gasteiger partial charge in [-0.1, -0.05) is 42.5 Å². The number of nitrogens with two attached hydrogens (primary N) is 1. The molecular formula is C17H20N2O2. The molecule has 21 heavy (non-hydrogen) atoms. The molecule has 0 radical (unpaired) electrons. The normalized spacial score (nSPS) is 11.7. The number of carbonyl (C=O) groups excluding carboxylic acids is 1. The topological polar surface area (TPSA) is 64.3 Å². The van der Waals surface area contributed by atoms with Crippen LogP contribution in [0.4, 0.5) is 0 Å². The van der Waals surface area contributed by atoms with Gasteiger partial charge in [-0.05, 0) is 23.3 Å². The maximum atomic E-state index is 12.3. The number of amides is 1. The second kappa shape index (κ2) is 7.45. The molecule has 0 aliphatic rings. The summed E-state index contributed by atoms with van der Waals surface area (Å²) in [6.45, 7) is 0.743. The van der Waals surface area contributed by atoms with Crippen molar-refractivity contribution in [1.82, 2.24) is 5.32 Å². The number of benzene rings is 2. The van der Waals surface area contributed by atoms with Crippen molar-refractivity contribution < 1.29 is 9.53 Å². The second-order valence-electron chi connectivity index (χ2n) is 4.77. The average Bonchev–Trinajstić information content (AvgIpc) is 2.55. The van der Waals surface area contributed by atoms with E-state index in [1.165, 1.54) is 0 Å². The fraction of sp³-hybridized carbons (Fsp3) is 0.235. The second-order valence-corrected chi connectivity index (χ2v) is 4.77. The highest BCUT2D eigenvalue weighted by atomic mass is 16.5. The molecule has 1 atom stereocenters. The fourth-order valence-corrected chi connectivity index (χ4v) is 2.17. The summed E-state index contributed by atoms with van der Waals surface area (Å²) < 4.78 is 5.17. The lowest BCUT2D eigenvalue weighted by Crippen LogP contribution is -2.33. The number of nitrogens with one attached hydrogen (secondary N) is 1. The Bertz CT molecular complexity index is 584. The van der Waals surface area contributed by atoms with E-state index in [-0.39, 0.29) is 18.4 Å². The van der Waals surface area contributed by atoms with Gasteiger partial charge in [0.2, 0.25) is 5.91 Å². The van der Waals surface area contributed by atoms with Crippen LogP contribution in [-0.2, 0) is 11.3 Å². The monoisotopic (exact) mass is 284 g/mol. The van der Waals surface area contributed by atoms with Gasteiger partial charge in [-0.3, -0.25) is 4.79 Å². The first-order chi connectivity index (χ1) is 10.2. The van der Waals surface area contributed by atoms with Gasteiger partial charge in [-0.2, -0.15) is 0 Å². The number of rotatable bonds is 6. The molecule has 0 bridgehead atoms. The van der Waals surface area contributed by atoms with E-state index in [1.54, 1.807) is 7.11 Å². The Balaban J connectivity index is 2.00. The first kappa shape index (κ1) is 15.1. The summed E-state index contributed by atoms with van der Waals surface area (Å²) in [6, 6.07) is 17.2. The molecule has 0 saturated heterocycles. The first-order valence-corrected chi connectivity index (χ1v) is 6.90. The standard InChI is InChI=1S/C17H20N2O2/c1-21-15-9-5-6-13(10-15)12-19-17(20)16(11-18)14-7-3-2-4-8-14/h2-10,16H,11-12,18H2,1H3,(H,19,20). The third-order valence-electron chi connectivity index (χ3n) is 3.36. The van der Waals surface area contributed by atoms with E-state index in [1.807, 2.05) is 54.6 Å². The Hall–Kier alpha value is -2.33. The summed E-state index contributed by atoms with van der Waals surface area (Å²) in [7, 11) is 1.62. The molecule has 0 aliphatic carbocycles. The average molecular weight is 284 g/mol. The van der Waals surface area contributed by atoms with E-state index >= 15 is 0 Å². The zero-order chi connectivity index (χ0) is 15.1. The number of ether oxygens (including phenoxy) is 1. The molecule has 0 spiro atoms.